The molecule has 2 aromatic rings. The minimum absolute atomic E-state index is 0.209. The molecule has 0 radical (unpaired) electrons. The van der Waals surface area contributed by atoms with Gasteiger partial charge in [0.15, 0.2) is 0 Å². The van der Waals surface area contributed by atoms with Gasteiger partial charge < -0.3 is 15.8 Å². The number of nitrogens with one attached hydrogen (secondary N) is 2. The van der Waals surface area contributed by atoms with Crippen molar-refractivity contribution in [3.63, 3.8) is 0 Å². The minimum atomic E-state index is -0.209. The zero-order chi connectivity index (χ0) is 12.8. The highest BCUT2D eigenvalue weighted by Crippen LogP contribution is 2.16. The summed E-state index contributed by atoms with van der Waals surface area (Å²) in [5.74, 6) is 0.515. The molecule has 6 heteroatoms. The van der Waals surface area contributed by atoms with E-state index in [9.17, 15) is 4.79 Å². The number of H-pyrrole nitrogens is 1. The van der Waals surface area contributed by atoms with E-state index in [-0.39, 0.29) is 5.91 Å². The lowest BCUT2D eigenvalue weighted by Gasteiger charge is -2.06. The molecule has 0 saturated heterocycles. The van der Waals surface area contributed by atoms with Crippen LogP contribution in [0.2, 0.25) is 0 Å². The summed E-state index contributed by atoms with van der Waals surface area (Å²) >= 11 is 0. The molecule has 0 aliphatic rings. The van der Waals surface area contributed by atoms with Gasteiger partial charge in [-0.3, -0.25) is 9.89 Å². The number of carbonyl (C=O) groups is 1. The third-order valence-corrected chi connectivity index (χ3v) is 2.26. The number of benzene rings is 1. The van der Waals surface area contributed by atoms with Crippen LogP contribution in [0.25, 0.3) is 0 Å². The van der Waals surface area contributed by atoms with Crippen LogP contribution in [0.15, 0.2) is 36.7 Å². The van der Waals surface area contributed by atoms with Gasteiger partial charge in [0.25, 0.3) is 5.91 Å². The van der Waals surface area contributed by atoms with Gasteiger partial charge in [0.1, 0.15) is 12.4 Å². The van der Waals surface area contributed by atoms with Gasteiger partial charge in [-0.2, -0.15) is 5.10 Å². The van der Waals surface area contributed by atoms with E-state index < -0.39 is 0 Å². The fraction of sp³-hybridized carbons (Fsp3) is 0.167. The van der Waals surface area contributed by atoms with E-state index in [4.69, 9.17) is 10.5 Å². The number of hydrogen-bond donors (Lipinski definition) is 3. The molecule has 0 saturated carbocycles. The van der Waals surface area contributed by atoms with Gasteiger partial charge in [0.2, 0.25) is 0 Å². The van der Waals surface area contributed by atoms with Crippen LogP contribution in [0.5, 0.6) is 5.75 Å². The highest BCUT2D eigenvalue weighted by Gasteiger charge is 2.06. The van der Waals surface area contributed by atoms with Gasteiger partial charge in [-0.1, -0.05) is 0 Å². The second kappa shape index (κ2) is 5.83. The van der Waals surface area contributed by atoms with Crippen LogP contribution >= 0.6 is 0 Å². The molecular weight excluding hydrogens is 232 g/mol. The average molecular weight is 246 g/mol. The first-order valence-electron chi connectivity index (χ1n) is 5.52. The van der Waals surface area contributed by atoms with Gasteiger partial charge >= 0.3 is 0 Å². The number of rotatable bonds is 5. The van der Waals surface area contributed by atoms with E-state index in [1.165, 1.54) is 12.4 Å². The monoisotopic (exact) mass is 246 g/mol. The summed E-state index contributed by atoms with van der Waals surface area (Å²) in [7, 11) is 0. The Morgan fingerprint density at radius 3 is 2.78 bits per heavy atom. The van der Waals surface area contributed by atoms with Crippen molar-refractivity contribution in [3.05, 3.63) is 42.2 Å². The van der Waals surface area contributed by atoms with Crippen molar-refractivity contribution >= 4 is 11.6 Å². The largest absolute Gasteiger partial charge is 0.492 e. The number of carbonyl (C=O) groups excluding carboxylic acids is 1. The smallest absolute Gasteiger partial charge is 0.258 e. The summed E-state index contributed by atoms with van der Waals surface area (Å²) in [6, 6.07) is 7.09. The van der Waals surface area contributed by atoms with E-state index in [0.29, 0.717) is 24.4 Å². The third kappa shape index (κ3) is 3.08. The molecule has 0 aliphatic carbocycles. The molecule has 94 valence electrons. The molecule has 4 N–H and O–H groups in total. The first-order valence-corrected chi connectivity index (χ1v) is 5.52. The lowest BCUT2D eigenvalue weighted by atomic mass is 10.2. The maximum atomic E-state index is 11.7. The van der Waals surface area contributed by atoms with Gasteiger partial charge in [-0.25, -0.2) is 0 Å². The second-order valence-corrected chi connectivity index (χ2v) is 3.60. The molecule has 1 aromatic heterocycles. The number of aromatic amines is 1. The summed E-state index contributed by atoms with van der Waals surface area (Å²) < 4.78 is 5.33. The fourth-order valence-electron chi connectivity index (χ4n) is 1.39. The van der Waals surface area contributed by atoms with Crippen LogP contribution in [-0.4, -0.2) is 29.3 Å². The SMILES string of the molecule is NCCOc1ccc(NC(=O)c2cn[nH]c2)cc1. The Bertz CT molecular complexity index is 493. The van der Waals surface area contributed by atoms with Gasteiger partial charge in [-0.05, 0) is 24.3 Å². The highest BCUT2D eigenvalue weighted by atomic mass is 16.5. The topological polar surface area (TPSA) is 93.0 Å². The Morgan fingerprint density at radius 2 is 2.17 bits per heavy atom. The van der Waals surface area contributed by atoms with Crippen LogP contribution in [0, 0.1) is 0 Å². The molecule has 0 bridgehead atoms. The fourth-order valence-corrected chi connectivity index (χ4v) is 1.39. The van der Waals surface area contributed by atoms with E-state index in [2.05, 4.69) is 15.5 Å². The summed E-state index contributed by atoms with van der Waals surface area (Å²) in [5, 5.41) is 9.05. The normalized spacial score (nSPS) is 10.1. The van der Waals surface area contributed by atoms with E-state index >= 15 is 0 Å². The molecule has 0 atom stereocenters. The molecule has 1 aromatic carbocycles. The van der Waals surface area contributed by atoms with Crippen LogP contribution in [0.3, 0.4) is 0 Å². The molecule has 0 fully saturated rings. The molecule has 2 rings (SSSR count). The van der Waals surface area contributed by atoms with Crippen molar-refractivity contribution in [2.75, 3.05) is 18.5 Å². The van der Waals surface area contributed by atoms with Gasteiger partial charge in [0, 0.05) is 18.4 Å². The summed E-state index contributed by atoms with van der Waals surface area (Å²) in [4.78, 5) is 11.7. The number of anilines is 1. The average Bonchev–Trinajstić information content (AvgIpc) is 2.92. The summed E-state index contributed by atoms with van der Waals surface area (Å²) in [6.07, 6.45) is 3.00. The van der Waals surface area contributed by atoms with E-state index in [1.807, 2.05) is 0 Å². The number of aromatic nitrogens is 2. The van der Waals surface area contributed by atoms with Crippen LogP contribution in [0.1, 0.15) is 10.4 Å². The Kier molecular flexibility index (Phi) is 3.93. The molecule has 6 nitrogen and oxygen atoms in total. The van der Waals surface area contributed by atoms with Crippen molar-refractivity contribution in [1.29, 1.82) is 0 Å². The molecule has 0 aliphatic heterocycles. The predicted molar refractivity (Wildman–Crippen MR) is 67.5 cm³/mol. The molecule has 1 amide bonds. The highest BCUT2D eigenvalue weighted by molar-refractivity contribution is 6.03. The minimum Gasteiger partial charge on any atom is -0.492 e. The van der Waals surface area contributed by atoms with Crippen LogP contribution in [-0.2, 0) is 0 Å². The molecule has 1 heterocycles. The third-order valence-electron chi connectivity index (χ3n) is 2.26. The first kappa shape index (κ1) is 12.1. The lowest BCUT2D eigenvalue weighted by Crippen LogP contribution is -2.11. The van der Waals surface area contributed by atoms with Crippen LogP contribution in [0.4, 0.5) is 5.69 Å². The number of ether oxygens (including phenoxy) is 1. The summed E-state index contributed by atoms with van der Waals surface area (Å²) in [6.45, 7) is 0.944. The number of nitrogens with two attached hydrogens (primary N) is 1. The van der Waals surface area contributed by atoms with E-state index in [0.717, 1.165) is 5.75 Å². The molecule has 0 spiro atoms. The molecule has 0 unspecified atom stereocenters. The Labute approximate surface area is 104 Å². The standard InChI is InChI=1S/C12H14N4O2/c13-5-6-18-11-3-1-10(2-4-11)16-12(17)9-7-14-15-8-9/h1-4,7-8H,5-6,13H2,(H,14,15)(H,16,17). The van der Waals surface area contributed by atoms with Gasteiger partial charge in [0.05, 0.1) is 11.8 Å². The van der Waals surface area contributed by atoms with Crippen molar-refractivity contribution < 1.29 is 9.53 Å². The second-order valence-electron chi connectivity index (χ2n) is 3.60. The van der Waals surface area contributed by atoms with Crippen molar-refractivity contribution in [3.8, 4) is 5.75 Å². The maximum Gasteiger partial charge on any atom is 0.258 e. The van der Waals surface area contributed by atoms with Crippen molar-refractivity contribution in [2.45, 2.75) is 0 Å². The Morgan fingerprint density at radius 1 is 1.39 bits per heavy atom. The Balaban J connectivity index is 1.96. The van der Waals surface area contributed by atoms with Crippen molar-refractivity contribution in [2.24, 2.45) is 5.73 Å². The maximum absolute atomic E-state index is 11.7. The lowest BCUT2D eigenvalue weighted by molar-refractivity contribution is 0.102. The number of hydrogen-bond acceptors (Lipinski definition) is 4. The Hall–Kier alpha value is -2.34. The predicted octanol–water partition coefficient (Wildman–Crippen LogP) is 0.999. The zero-order valence-corrected chi connectivity index (χ0v) is 9.72. The van der Waals surface area contributed by atoms with E-state index in [1.54, 1.807) is 24.3 Å². The van der Waals surface area contributed by atoms with Gasteiger partial charge in [-0.15, -0.1) is 0 Å². The quantitative estimate of drug-likeness (QED) is 0.733. The summed E-state index contributed by atoms with van der Waals surface area (Å²) in [5.41, 5.74) is 6.52. The number of amides is 1. The van der Waals surface area contributed by atoms with Crippen molar-refractivity contribution in [1.82, 2.24) is 10.2 Å². The zero-order valence-electron chi connectivity index (χ0n) is 9.72. The molecular formula is C12H14N4O2. The van der Waals surface area contributed by atoms with Crippen LogP contribution < -0.4 is 15.8 Å². The molecule has 18 heavy (non-hydrogen) atoms. The first-order chi connectivity index (χ1) is 8.79. The number of nitrogens with zero attached hydrogens (tertiary/aromatic N) is 1.